The molecule has 0 fully saturated rings. The maximum atomic E-state index is 11.1. The van der Waals surface area contributed by atoms with Gasteiger partial charge in [-0.25, -0.2) is 0 Å². The molecule has 0 aliphatic rings. The third-order valence-corrected chi connectivity index (χ3v) is 3.94. The van der Waals surface area contributed by atoms with Crippen LogP contribution < -0.4 is 0 Å². The third kappa shape index (κ3) is 2.07. The first-order valence-corrected chi connectivity index (χ1v) is 5.36. The average molecular weight is 339 g/mol. The van der Waals surface area contributed by atoms with Crippen molar-refractivity contribution in [2.24, 2.45) is 0 Å². The fourth-order valence-electron chi connectivity index (χ4n) is 1.03. The Morgan fingerprint density at radius 1 is 1.50 bits per heavy atom. The molecule has 0 aliphatic carbocycles. The normalized spacial score (nSPS) is 10.0. The standard InChI is InChI=1S/C9H8BrIO/c1-5-3-8(10)9(11)4-7(5)6(2)12/h3-4H,1-2H3. The first kappa shape index (κ1) is 10.2. The van der Waals surface area contributed by atoms with Gasteiger partial charge in [0.2, 0.25) is 0 Å². The summed E-state index contributed by atoms with van der Waals surface area (Å²) < 4.78 is 2.12. The van der Waals surface area contributed by atoms with E-state index in [1.807, 2.05) is 19.1 Å². The van der Waals surface area contributed by atoms with Crippen molar-refractivity contribution in [1.29, 1.82) is 0 Å². The molecule has 1 aromatic rings. The van der Waals surface area contributed by atoms with E-state index in [1.54, 1.807) is 6.92 Å². The summed E-state index contributed by atoms with van der Waals surface area (Å²) in [4.78, 5) is 11.1. The Morgan fingerprint density at radius 3 is 2.58 bits per heavy atom. The summed E-state index contributed by atoms with van der Waals surface area (Å²) in [6, 6.07) is 3.88. The zero-order valence-electron chi connectivity index (χ0n) is 6.82. The van der Waals surface area contributed by atoms with Crippen LogP contribution in [-0.2, 0) is 0 Å². The first-order chi connectivity index (χ1) is 5.52. The number of rotatable bonds is 1. The van der Waals surface area contributed by atoms with Gasteiger partial charge in [0, 0.05) is 13.6 Å². The van der Waals surface area contributed by atoms with Crippen LogP contribution in [0.3, 0.4) is 0 Å². The number of hydrogen-bond donors (Lipinski definition) is 0. The second-order valence-electron chi connectivity index (χ2n) is 2.64. The highest BCUT2D eigenvalue weighted by Gasteiger charge is 2.06. The molecular weight excluding hydrogens is 331 g/mol. The van der Waals surface area contributed by atoms with E-state index < -0.39 is 0 Å². The molecular formula is C9H8BrIO. The summed E-state index contributed by atoms with van der Waals surface area (Å²) in [5.41, 5.74) is 1.83. The second-order valence-corrected chi connectivity index (χ2v) is 4.65. The number of aryl methyl sites for hydroxylation is 1. The molecule has 0 bridgehead atoms. The summed E-state index contributed by atoms with van der Waals surface area (Å²) in [5.74, 6) is 0.123. The number of halogens is 2. The molecule has 12 heavy (non-hydrogen) atoms. The molecule has 0 aromatic heterocycles. The monoisotopic (exact) mass is 338 g/mol. The van der Waals surface area contributed by atoms with Crippen LogP contribution in [0.25, 0.3) is 0 Å². The molecule has 1 nitrogen and oxygen atoms in total. The predicted octanol–water partition coefficient (Wildman–Crippen LogP) is 3.56. The van der Waals surface area contributed by atoms with Gasteiger partial charge in [0.25, 0.3) is 0 Å². The third-order valence-electron chi connectivity index (χ3n) is 1.65. The van der Waals surface area contributed by atoms with Crippen molar-refractivity contribution in [1.82, 2.24) is 0 Å². The van der Waals surface area contributed by atoms with E-state index in [-0.39, 0.29) is 5.78 Å². The number of hydrogen-bond acceptors (Lipinski definition) is 1. The number of benzene rings is 1. The molecule has 0 spiro atoms. The predicted molar refractivity (Wildman–Crippen MR) is 61.6 cm³/mol. The molecule has 0 heterocycles. The van der Waals surface area contributed by atoms with Gasteiger partial charge in [0.05, 0.1) is 0 Å². The topological polar surface area (TPSA) is 17.1 Å². The fraction of sp³-hybridized carbons (Fsp3) is 0.222. The van der Waals surface area contributed by atoms with Crippen LogP contribution in [0.4, 0.5) is 0 Å². The molecule has 0 radical (unpaired) electrons. The largest absolute Gasteiger partial charge is 0.295 e. The molecule has 0 saturated heterocycles. The van der Waals surface area contributed by atoms with Crippen LogP contribution in [0.1, 0.15) is 22.8 Å². The van der Waals surface area contributed by atoms with Gasteiger partial charge in [-0.3, -0.25) is 4.79 Å². The van der Waals surface area contributed by atoms with Gasteiger partial charge in [-0.05, 0) is 70.1 Å². The minimum atomic E-state index is 0.123. The summed E-state index contributed by atoms with van der Waals surface area (Å²) in [5, 5.41) is 0. The molecule has 0 saturated carbocycles. The summed E-state index contributed by atoms with van der Waals surface area (Å²) in [6.07, 6.45) is 0. The Kier molecular flexibility index (Phi) is 3.29. The van der Waals surface area contributed by atoms with Gasteiger partial charge in [0.15, 0.2) is 5.78 Å². The van der Waals surface area contributed by atoms with Crippen molar-refractivity contribution < 1.29 is 4.79 Å². The summed E-state index contributed by atoms with van der Waals surface area (Å²) in [7, 11) is 0. The van der Waals surface area contributed by atoms with Crippen molar-refractivity contribution in [2.45, 2.75) is 13.8 Å². The number of carbonyl (C=O) groups excluding carboxylic acids is 1. The van der Waals surface area contributed by atoms with Crippen molar-refractivity contribution in [3.8, 4) is 0 Å². The van der Waals surface area contributed by atoms with E-state index in [4.69, 9.17) is 0 Å². The molecule has 3 heteroatoms. The summed E-state index contributed by atoms with van der Waals surface area (Å²) in [6.45, 7) is 3.53. The Bertz CT molecular complexity index is 334. The quantitative estimate of drug-likeness (QED) is 0.565. The van der Waals surface area contributed by atoms with Gasteiger partial charge in [0.1, 0.15) is 0 Å². The van der Waals surface area contributed by atoms with E-state index in [0.29, 0.717) is 0 Å². The van der Waals surface area contributed by atoms with Gasteiger partial charge in [-0.1, -0.05) is 0 Å². The molecule has 0 aliphatic heterocycles. The second kappa shape index (κ2) is 3.87. The highest BCUT2D eigenvalue weighted by atomic mass is 127. The SMILES string of the molecule is CC(=O)c1cc(I)c(Br)cc1C. The molecule has 0 amide bonds. The van der Waals surface area contributed by atoms with Gasteiger partial charge in [-0.15, -0.1) is 0 Å². The molecule has 0 unspecified atom stereocenters. The molecule has 1 aromatic carbocycles. The van der Waals surface area contributed by atoms with Gasteiger partial charge >= 0.3 is 0 Å². The lowest BCUT2D eigenvalue weighted by molar-refractivity contribution is 0.101. The van der Waals surface area contributed by atoms with E-state index in [2.05, 4.69) is 38.5 Å². The van der Waals surface area contributed by atoms with Crippen LogP contribution in [0.2, 0.25) is 0 Å². The Balaban J connectivity index is 3.33. The Morgan fingerprint density at radius 2 is 2.08 bits per heavy atom. The van der Waals surface area contributed by atoms with Crippen molar-refractivity contribution in [3.63, 3.8) is 0 Å². The van der Waals surface area contributed by atoms with Crippen LogP contribution >= 0.6 is 38.5 Å². The van der Waals surface area contributed by atoms with E-state index in [9.17, 15) is 4.79 Å². The Hall–Kier alpha value is 0.1000. The minimum absolute atomic E-state index is 0.123. The van der Waals surface area contributed by atoms with Crippen molar-refractivity contribution in [3.05, 3.63) is 31.3 Å². The highest BCUT2D eigenvalue weighted by molar-refractivity contribution is 14.1. The lowest BCUT2D eigenvalue weighted by Gasteiger charge is -2.03. The van der Waals surface area contributed by atoms with E-state index in [0.717, 1.165) is 19.2 Å². The highest BCUT2D eigenvalue weighted by Crippen LogP contribution is 2.23. The van der Waals surface area contributed by atoms with Crippen LogP contribution in [0.15, 0.2) is 16.6 Å². The zero-order chi connectivity index (χ0) is 9.30. The lowest BCUT2D eigenvalue weighted by Crippen LogP contribution is -1.96. The van der Waals surface area contributed by atoms with E-state index >= 15 is 0 Å². The van der Waals surface area contributed by atoms with Crippen molar-refractivity contribution in [2.75, 3.05) is 0 Å². The maximum absolute atomic E-state index is 11.1. The number of carbonyl (C=O) groups is 1. The van der Waals surface area contributed by atoms with Crippen molar-refractivity contribution >= 4 is 44.3 Å². The Labute approximate surface area is 93.8 Å². The maximum Gasteiger partial charge on any atom is 0.160 e. The molecule has 0 N–H and O–H groups in total. The van der Waals surface area contributed by atoms with Gasteiger partial charge in [-0.2, -0.15) is 0 Å². The smallest absolute Gasteiger partial charge is 0.160 e. The number of Topliss-reactive ketones (excluding diaryl/α,β-unsaturated/α-hetero) is 1. The minimum Gasteiger partial charge on any atom is -0.295 e. The van der Waals surface area contributed by atoms with Crippen LogP contribution in [0, 0.1) is 10.5 Å². The van der Waals surface area contributed by atoms with Gasteiger partial charge < -0.3 is 0 Å². The molecule has 0 atom stereocenters. The van der Waals surface area contributed by atoms with E-state index in [1.165, 1.54) is 0 Å². The fourth-order valence-corrected chi connectivity index (χ4v) is 1.95. The lowest BCUT2D eigenvalue weighted by atomic mass is 10.1. The van der Waals surface area contributed by atoms with Crippen LogP contribution in [-0.4, -0.2) is 5.78 Å². The summed E-state index contributed by atoms with van der Waals surface area (Å²) >= 11 is 5.61. The zero-order valence-corrected chi connectivity index (χ0v) is 10.6. The molecule has 1 rings (SSSR count). The average Bonchev–Trinajstić information content (AvgIpc) is 1.96. The first-order valence-electron chi connectivity index (χ1n) is 3.49. The molecule has 64 valence electrons. The number of ketones is 1. The van der Waals surface area contributed by atoms with Crippen LogP contribution in [0.5, 0.6) is 0 Å².